The molecule has 11 heteroatoms. The van der Waals surface area contributed by atoms with Crippen molar-refractivity contribution in [2.24, 2.45) is 0 Å². The second-order valence-electron chi connectivity index (χ2n) is 6.88. The second-order valence-corrected chi connectivity index (χ2v) is 6.88. The molecule has 1 heterocycles. The van der Waals surface area contributed by atoms with E-state index in [1.807, 2.05) is 0 Å². The molecule has 3 aromatic rings. The predicted octanol–water partition coefficient (Wildman–Crippen LogP) is 2.20. The number of amides is 2. The predicted molar refractivity (Wildman–Crippen MR) is 111 cm³/mol. The number of alkyl halides is 3. The van der Waals surface area contributed by atoms with Gasteiger partial charge in [0.25, 0.3) is 11.1 Å². The van der Waals surface area contributed by atoms with Gasteiger partial charge in [0.15, 0.2) is 0 Å². The number of para-hydroxylation sites is 1. The van der Waals surface area contributed by atoms with E-state index in [4.69, 9.17) is 0 Å². The van der Waals surface area contributed by atoms with Crippen LogP contribution in [0.25, 0.3) is 10.8 Å². The monoisotopic (exact) mass is 448 g/mol. The first kappa shape index (κ1) is 22.8. The molecule has 0 bridgehead atoms. The third-order valence-electron chi connectivity index (χ3n) is 4.75. The number of aromatic amines is 1. The van der Waals surface area contributed by atoms with Crippen molar-refractivity contribution in [3.8, 4) is 0 Å². The number of hydrogen-bond donors (Lipinski definition) is 2. The lowest BCUT2D eigenvalue weighted by Gasteiger charge is -2.21. The number of likely N-dealkylation sites (N-methyl/N-ethyl adjacent to an activating group) is 1. The SMILES string of the molecule is CCN(CC(=O)Nc1ccccc1C(F)(F)F)C(=O)Cn1[nH]c(=O)c2ccccc2c1=O. The molecule has 32 heavy (non-hydrogen) atoms. The number of carbonyl (C=O) groups excluding carboxylic acids is 2. The Bertz CT molecular complexity index is 1280. The van der Waals surface area contributed by atoms with Crippen molar-refractivity contribution in [2.75, 3.05) is 18.4 Å². The summed E-state index contributed by atoms with van der Waals surface area (Å²) in [6.45, 7) is 0.549. The van der Waals surface area contributed by atoms with Crippen LogP contribution in [0.1, 0.15) is 12.5 Å². The highest BCUT2D eigenvalue weighted by Gasteiger charge is 2.33. The molecule has 2 N–H and O–H groups in total. The number of aromatic nitrogens is 2. The van der Waals surface area contributed by atoms with Crippen molar-refractivity contribution in [3.05, 3.63) is 74.8 Å². The van der Waals surface area contributed by atoms with Crippen molar-refractivity contribution in [3.63, 3.8) is 0 Å². The molecule has 1 aromatic heterocycles. The quantitative estimate of drug-likeness (QED) is 0.603. The molecule has 0 fully saturated rings. The molecule has 2 aromatic carbocycles. The van der Waals surface area contributed by atoms with Crippen molar-refractivity contribution in [2.45, 2.75) is 19.6 Å². The topological polar surface area (TPSA) is 104 Å². The first-order valence-electron chi connectivity index (χ1n) is 9.57. The van der Waals surface area contributed by atoms with Crippen LogP contribution < -0.4 is 16.4 Å². The van der Waals surface area contributed by atoms with Crippen LogP contribution in [0.5, 0.6) is 0 Å². The smallest absolute Gasteiger partial charge is 0.332 e. The highest BCUT2D eigenvalue weighted by molar-refractivity contribution is 5.95. The van der Waals surface area contributed by atoms with Gasteiger partial charge in [0, 0.05) is 6.54 Å². The number of nitrogens with one attached hydrogen (secondary N) is 2. The number of nitrogens with zero attached hydrogens (tertiary/aromatic N) is 2. The summed E-state index contributed by atoms with van der Waals surface area (Å²) in [4.78, 5) is 50.7. The summed E-state index contributed by atoms with van der Waals surface area (Å²) in [6, 6.07) is 10.6. The summed E-state index contributed by atoms with van der Waals surface area (Å²) in [7, 11) is 0. The van der Waals surface area contributed by atoms with E-state index < -0.39 is 53.4 Å². The van der Waals surface area contributed by atoms with Gasteiger partial charge in [-0.05, 0) is 31.2 Å². The largest absolute Gasteiger partial charge is 0.418 e. The molecule has 2 amide bonds. The third-order valence-corrected chi connectivity index (χ3v) is 4.75. The molecule has 0 spiro atoms. The van der Waals surface area contributed by atoms with Crippen LogP contribution in [0.15, 0.2) is 58.1 Å². The van der Waals surface area contributed by atoms with Crippen LogP contribution in [-0.4, -0.2) is 39.6 Å². The molecule has 0 aliphatic rings. The summed E-state index contributed by atoms with van der Waals surface area (Å²) in [5.41, 5.74) is -2.59. The fraction of sp³-hybridized carbons (Fsp3) is 0.238. The van der Waals surface area contributed by atoms with Gasteiger partial charge in [0.1, 0.15) is 6.54 Å². The average Bonchev–Trinajstić information content (AvgIpc) is 2.75. The second kappa shape index (κ2) is 9.08. The summed E-state index contributed by atoms with van der Waals surface area (Å²) in [6.07, 6.45) is -4.66. The first-order chi connectivity index (χ1) is 15.1. The Morgan fingerprint density at radius 3 is 2.31 bits per heavy atom. The van der Waals surface area contributed by atoms with Gasteiger partial charge >= 0.3 is 6.18 Å². The molecule has 0 unspecified atom stereocenters. The Morgan fingerprint density at radius 2 is 1.66 bits per heavy atom. The highest BCUT2D eigenvalue weighted by atomic mass is 19.4. The number of carbonyl (C=O) groups is 2. The van der Waals surface area contributed by atoms with Crippen molar-refractivity contribution < 1.29 is 22.8 Å². The Morgan fingerprint density at radius 1 is 1.03 bits per heavy atom. The highest BCUT2D eigenvalue weighted by Crippen LogP contribution is 2.34. The lowest BCUT2D eigenvalue weighted by molar-refractivity contribution is -0.137. The maximum atomic E-state index is 13.1. The molecule has 168 valence electrons. The number of rotatable bonds is 6. The van der Waals surface area contributed by atoms with Gasteiger partial charge in [-0.3, -0.25) is 24.3 Å². The van der Waals surface area contributed by atoms with Crippen LogP contribution in [0.4, 0.5) is 18.9 Å². The normalized spacial score (nSPS) is 11.4. The lowest BCUT2D eigenvalue weighted by atomic mass is 10.1. The molecular weight excluding hydrogens is 429 g/mol. The fourth-order valence-corrected chi connectivity index (χ4v) is 3.17. The maximum Gasteiger partial charge on any atom is 0.418 e. The average molecular weight is 448 g/mol. The molecular formula is C21H19F3N4O4. The van der Waals surface area contributed by atoms with Crippen molar-refractivity contribution in [1.29, 1.82) is 0 Å². The van der Waals surface area contributed by atoms with Gasteiger partial charge in [0.05, 0.1) is 28.6 Å². The maximum absolute atomic E-state index is 13.1. The molecule has 0 saturated carbocycles. The first-order valence-corrected chi connectivity index (χ1v) is 9.57. The Kier molecular flexibility index (Phi) is 6.47. The van der Waals surface area contributed by atoms with Gasteiger partial charge in [0.2, 0.25) is 11.8 Å². The molecule has 8 nitrogen and oxygen atoms in total. The summed E-state index contributed by atoms with van der Waals surface area (Å²) >= 11 is 0. The zero-order valence-corrected chi connectivity index (χ0v) is 16.9. The standard InChI is InChI=1S/C21H19F3N4O4/c1-2-27(11-17(29)25-16-10-6-5-9-15(16)21(22,23)24)18(30)12-28-20(32)14-8-4-3-7-13(14)19(31)26-28/h3-10H,2,11-12H2,1H3,(H,25,29)(H,26,31). The summed E-state index contributed by atoms with van der Waals surface area (Å²) < 4.78 is 40.1. The van der Waals surface area contributed by atoms with E-state index in [2.05, 4.69) is 10.4 Å². The number of anilines is 1. The number of halogens is 3. The van der Waals surface area contributed by atoms with E-state index in [1.54, 1.807) is 19.1 Å². The number of fused-ring (bicyclic) bond motifs is 1. The van der Waals surface area contributed by atoms with Crippen LogP contribution >= 0.6 is 0 Å². The Balaban J connectivity index is 1.76. The summed E-state index contributed by atoms with van der Waals surface area (Å²) in [5, 5.41) is 4.80. The van der Waals surface area contributed by atoms with Gasteiger partial charge in [-0.2, -0.15) is 13.2 Å². The van der Waals surface area contributed by atoms with Gasteiger partial charge in [-0.15, -0.1) is 0 Å². The molecule has 0 aliphatic carbocycles. The number of hydrogen-bond acceptors (Lipinski definition) is 4. The number of benzene rings is 2. The van der Waals surface area contributed by atoms with E-state index in [9.17, 15) is 32.3 Å². The van der Waals surface area contributed by atoms with Crippen molar-refractivity contribution in [1.82, 2.24) is 14.7 Å². The van der Waals surface area contributed by atoms with E-state index in [0.717, 1.165) is 21.7 Å². The van der Waals surface area contributed by atoms with E-state index in [1.165, 1.54) is 24.3 Å². The van der Waals surface area contributed by atoms with Gasteiger partial charge < -0.3 is 10.2 Å². The molecule has 3 rings (SSSR count). The minimum atomic E-state index is -4.66. The lowest BCUT2D eigenvalue weighted by Crippen LogP contribution is -2.42. The van der Waals surface area contributed by atoms with E-state index >= 15 is 0 Å². The van der Waals surface area contributed by atoms with Crippen LogP contribution in [0, 0.1) is 0 Å². The molecule has 0 radical (unpaired) electrons. The molecule has 0 atom stereocenters. The Labute approximate surface area is 179 Å². The zero-order valence-electron chi connectivity index (χ0n) is 16.9. The third kappa shape index (κ3) is 4.88. The van der Waals surface area contributed by atoms with Crippen LogP contribution in [0.3, 0.4) is 0 Å². The Hall–Kier alpha value is -3.89. The molecule has 0 aliphatic heterocycles. The van der Waals surface area contributed by atoms with Gasteiger partial charge in [-0.25, -0.2) is 4.68 Å². The minimum absolute atomic E-state index is 0.0553. The van der Waals surface area contributed by atoms with Crippen molar-refractivity contribution >= 4 is 28.3 Å². The minimum Gasteiger partial charge on any atom is -0.332 e. The molecule has 0 saturated heterocycles. The number of H-pyrrole nitrogens is 1. The van der Waals surface area contributed by atoms with Crippen LogP contribution in [0.2, 0.25) is 0 Å². The fourth-order valence-electron chi connectivity index (χ4n) is 3.17. The summed E-state index contributed by atoms with van der Waals surface area (Å²) in [5.74, 6) is -1.50. The van der Waals surface area contributed by atoms with Gasteiger partial charge in [-0.1, -0.05) is 24.3 Å². The van der Waals surface area contributed by atoms with Crippen LogP contribution in [-0.2, 0) is 22.3 Å². The zero-order chi connectivity index (χ0) is 23.5. The van der Waals surface area contributed by atoms with E-state index in [-0.39, 0.29) is 17.3 Å². The van der Waals surface area contributed by atoms with E-state index in [0.29, 0.717) is 0 Å².